The average molecular weight is 334 g/mol. The zero-order valence-electron chi connectivity index (χ0n) is 10.2. The van der Waals surface area contributed by atoms with E-state index in [-0.39, 0.29) is 10.7 Å². The van der Waals surface area contributed by atoms with E-state index >= 15 is 0 Å². The van der Waals surface area contributed by atoms with Gasteiger partial charge in [0, 0.05) is 23.6 Å². The van der Waals surface area contributed by atoms with Crippen molar-refractivity contribution in [1.82, 2.24) is 4.90 Å². The third-order valence-electron chi connectivity index (χ3n) is 2.78. The van der Waals surface area contributed by atoms with E-state index in [0.717, 1.165) is 33.1 Å². The van der Waals surface area contributed by atoms with Crippen LogP contribution in [0.25, 0.3) is 0 Å². The Labute approximate surface area is 119 Å². The Kier molecular flexibility index (Phi) is 3.90. The fraction of sp³-hybridized carbons (Fsp3) is 0.583. The molecule has 0 N–H and O–H groups in total. The number of aryl methyl sites for hydroxylation is 1. The third-order valence-corrected chi connectivity index (χ3v) is 6.20. The van der Waals surface area contributed by atoms with Crippen LogP contribution in [0.5, 0.6) is 0 Å². The van der Waals surface area contributed by atoms with Crippen molar-refractivity contribution >= 4 is 44.9 Å². The summed E-state index contributed by atoms with van der Waals surface area (Å²) in [6, 6.07) is 1.98. The molecule has 0 saturated carbocycles. The zero-order valence-corrected chi connectivity index (χ0v) is 13.5. The van der Waals surface area contributed by atoms with E-state index in [0.29, 0.717) is 0 Å². The van der Waals surface area contributed by atoms with Crippen LogP contribution in [0.2, 0.25) is 0 Å². The van der Waals surface area contributed by atoms with Crippen molar-refractivity contribution in [1.29, 1.82) is 0 Å². The number of hydrogen-bond donors (Lipinski definition) is 0. The van der Waals surface area contributed by atoms with Crippen LogP contribution in [0.1, 0.15) is 29.1 Å². The summed E-state index contributed by atoms with van der Waals surface area (Å²) in [7, 11) is 0. The molecule has 1 amide bonds. The lowest BCUT2D eigenvalue weighted by Gasteiger charge is -2.37. The minimum Gasteiger partial charge on any atom is -0.336 e. The molecule has 1 aromatic rings. The zero-order chi connectivity index (χ0) is 12.6. The molecule has 1 aliphatic rings. The highest BCUT2D eigenvalue weighted by Crippen LogP contribution is 2.32. The van der Waals surface area contributed by atoms with Crippen LogP contribution in [0.15, 0.2) is 9.85 Å². The van der Waals surface area contributed by atoms with E-state index in [4.69, 9.17) is 0 Å². The second kappa shape index (κ2) is 4.94. The topological polar surface area (TPSA) is 20.3 Å². The van der Waals surface area contributed by atoms with Gasteiger partial charge in [0.25, 0.3) is 5.91 Å². The van der Waals surface area contributed by atoms with Crippen LogP contribution < -0.4 is 0 Å². The Morgan fingerprint density at radius 2 is 2.24 bits per heavy atom. The Balaban J connectivity index is 2.15. The maximum atomic E-state index is 12.4. The number of halogens is 1. The molecule has 2 rings (SSSR count). The second-order valence-electron chi connectivity index (χ2n) is 4.90. The summed E-state index contributed by atoms with van der Waals surface area (Å²) in [6.07, 6.45) is 0. The molecule has 1 aromatic heterocycles. The second-order valence-corrected chi connectivity index (χ2v) is 9.07. The van der Waals surface area contributed by atoms with Crippen LogP contribution in [0, 0.1) is 6.92 Å². The molecule has 2 nitrogen and oxygen atoms in total. The van der Waals surface area contributed by atoms with Crippen LogP contribution in [-0.2, 0) is 0 Å². The molecule has 1 saturated heterocycles. The number of carbonyl (C=O) groups excluding carboxylic acids is 1. The van der Waals surface area contributed by atoms with Gasteiger partial charge in [0.1, 0.15) is 0 Å². The quantitative estimate of drug-likeness (QED) is 0.779. The first-order chi connectivity index (χ1) is 7.89. The summed E-state index contributed by atoms with van der Waals surface area (Å²) < 4.78 is 1.24. The summed E-state index contributed by atoms with van der Waals surface area (Å²) in [6.45, 7) is 8.12. The molecule has 1 fully saturated rings. The molecule has 0 spiro atoms. The molecule has 94 valence electrons. The van der Waals surface area contributed by atoms with Crippen LogP contribution in [0.3, 0.4) is 0 Å². The smallest absolute Gasteiger partial charge is 0.264 e. The largest absolute Gasteiger partial charge is 0.336 e. The van der Waals surface area contributed by atoms with Crippen LogP contribution >= 0.6 is 39.0 Å². The first-order valence-electron chi connectivity index (χ1n) is 5.58. The van der Waals surface area contributed by atoms with Crippen LogP contribution in [0.4, 0.5) is 0 Å². The van der Waals surface area contributed by atoms with Crippen molar-refractivity contribution in [3.05, 3.63) is 20.3 Å². The Bertz CT molecular complexity index is 422. The average Bonchev–Trinajstić information content (AvgIpc) is 2.57. The third kappa shape index (κ3) is 3.06. The lowest BCUT2D eigenvalue weighted by atomic mass is 10.2. The lowest BCUT2D eigenvalue weighted by molar-refractivity contribution is 0.0753. The summed E-state index contributed by atoms with van der Waals surface area (Å²) in [5.41, 5.74) is 1.14. The van der Waals surface area contributed by atoms with Gasteiger partial charge in [0.05, 0.1) is 8.66 Å². The van der Waals surface area contributed by atoms with Gasteiger partial charge in [-0.25, -0.2) is 0 Å². The SMILES string of the molecule is Cc1cc(C(=O)N2CCSC(C)(C)C2)sc1Br. The Morgan fingerprint density at radius 1 is 1.53 bits per heavy atom. The summed E-state index contributed by atoms with van der Waals surface area (Å²) in [4.78, 5) is 15.2. The van der Waals surface area contributed by atoms with Crippen molar-refractivity contribution in [2.45, 2.75) is 25.5 Å². The number of rotatable bonds is 1. The van der Waals surface area contributed by atoms with Gasteiger partial charge in [-0.1, -0.05) is 0 Å². The van der Waals surface area contributed by atoms with Crippen molar-refractivity contribution < 1.29 is 4.79 Å². The highest BCUT2D eigenvalue weighted by molar-refractivity contribution is 9.11. The summed E-state index contributed by atoms with van der Waals surface area (Å²) in [5, 5.41) is 0. The van der Waals surface area contributed by atoms with E-state index < -0.39 is 0 Å². The van der Waals surface area contributed by atoms with Crippen LogP contribution in [-0.4, -0.2) is 34.4 Å². The monoisotopic (exact) mass is 333 g/mol. The lowest BCUT2D eigenvalue weighted by Crippen LogP contribution is -2.45. The van der Waals surface area contributed by atoms with Gasteiger partial charge in [0.15, 0.2) is 0 Å². The molecule has 17 heavy (non-hydrogen) atoms. The van der Waals surface area contributed by atoms with Crippen molar-refractivity contribution in [3.63, 3.8) is 0 Å². The molecule has 0 unspecified atom stereocenters. The standard InChI is InChI=1S/C12H16BrNOS2/c1-8-6-9(17-10(8)13)11(15)14-4-5-16-12(2,3)7-14/h6H,4-5,7H2,1-3H3. The molecular weight excluding hydrogens is 318 g/mol. The Morgan fingerprint density at radius 3 is 2.76 bits per heavy atom. The minimum atomic E-state index is 0.178. The van der Waals surface area contributed by atoms with E-state index in [1.54, 1.807) is 0 Å². The molecule has 0 atom stereocenters. The molecule has 0 aromatic carbocycles. The first kappa shape index (κ1) is 13.4. The van der Waals surface area contributed by atoms with Gasteiger partial charge in [-0.15, -0.1) is 11.3 Å². The number of thioether (sulfide) groups is 1. The van der Waals surface area contributed by atoms with Crippen molar-refractivity contribution in [2.24, 2.45) is 0 Å². The van der Waals surface area contributed by atoms with Gasteiger partial charge >= 0.3 is 0 Å². The maximum Gasteiger partial charge on any atom is 0.264 e. The van der Waals surface area contributed by atoms with Gasteiger partial charge in [-0.3, -0.25) is 4.79 Å². The van der Waals surface area contributed by atoms with E-state index in [9.17, 15) is 4.79 Å². The summed E-state index contributed by atoms with van der Waals surface area (Å²) >= 11 is 6.95. The predicted molar refractivity (Wildman–Crippen MR) is 79.2 cm³/mol. The molecule has 0 bridgehead atoms. The van der Waals surface area contributed by atoms with E-state index in [2.05, 4.69) is 29.8 Å². The van der Waals surface area contributed by atoms with E-state index in [1.165, 1.54) is 11.3 Å². The molecule has 5 heteroatoms. The van der Waals surface area contributed by atoms with Crippen molar-refractivity contribution in [3.8, 4) is 0 Å². The molecule has 0 aliphatic carbocycles. The first-order valence-corrected chi connectivity index (χ1v) is 8.18. The summed E-state index contributed by atoms with van der Waals surface area (Å²) in [5.74, 6) is 1.21. The number of nitrogens with zero attached hydrogens (tertiary/aromatic N) is 1. The number of carbonyl (C=O) groups is 1. The van der Waals surface area contributed by atoms with E-state index in [1.807, 2.05) is 29.7 Å². The van der Waals surface area contributed by atoms with Gasteiger partial charge in [0.2, 0.25) is 0 Å². The fourth-order valence-electron chi connectivity index (χ4n) is 1.91. The minimum absolute atomic E-state index is 0.178. The molecular formula is C12H16BrNOS2. The number of amides is 1. The Hall–Kier alpha value is 0. The maximum absolute atomic E-state index is 12.4. The predicted octanol–water partition coefficient (Wildman–Crippen LogP) is 3.79. The fourth-order valence-corrected chi connectivity index (χ4v) is 4.53. The highest BCUT2D eigenvalue weighted by atomic mass is 79.9. The number of thiophene rings is 1. The van der Waals surface area contributed by atoms with Crippen molar-refractivity contribution in [2.75, 3.05) is 18.8 Å². The molecule has 2 heterocycles. The molecule has 0 radical (unpaired) electrons. The normalized spacial score (nSPS) is 19.4. The van der Waals surface area contributed by atoms with Gasteiger partial charge in [-0.05, 0) is 48.3 Å². The molecule has 1 aliphatic heterocycles. The highest BCUT2D eigenvalue weighted by Gasteiger charge is 2.30. The van der Waals surface area contributed by atoms with Gasteiger partial charge < -0.3 is 4.90 Å². The van der Waals surface area contributed by atoms with Gasteiger partial charge in [-0.2, -0.15) is 11.8 Å². The number of hydrogen-bond acceptors (Lipinski definition) is 3.